The molecule has 19 heavy (non-hydrogen) atoms. The maximum atomic E-state index is 13.3. The van der Waals surface area contributed by atoms with E-state index < -0.39 is 23.9 Å². The molecule has 100 valence electrons. The minimum atomic E-state index is -1.05. The molecule has 1 unspecified atom stereocenters. The lowest BCUT2D eigenvalue weighted by Crippen LogP contribution is -2.44. The summed E-state index contributed by atoms with van der Waals surface area (Å²) < 4.78 is 18.5. The van der Waals surface area contributed by atoms with E-state index in [-0.39, 0.29) is 11.3 Å². The van der Waals surface area contributed by atoms with Gasteiger partial charge in [0.25, 0.3) is 5.91 Å². The van der Waals surface area contributed by atoms with Gasteiger partial charge in [0.1, 0.15) is 23.2 Å². The molecule has 0 saturated heterocycles. The smallest absolute Gasteiger partial charge is 0.321 e. The quantitative estimate of drug-likeness (QED) is 0.850. The fourth-order valence-corrected chi connectivity index (χ4v) is 1.23. The van der Waals surface area contributed by atoms with E-state index in [0.717, 1.165) is 6.07 Å². The van der Waals surface area contributed by atoms with Gasteiger partial charge in [-0.05, 0) is 19.1 Å². The van der Waals surface area contributed by atoms with Crippen LogP contribution in [-0.2, 0) is 4.79 Å². The highest BCUT2D eigenvalue weighted by atomic mass is 19.1. The van der Waals surface area contributed by atoms with E-state index in [2.05, 4.69) is 5.32 Å². The normalized spacial score (nSPS) is 11.1. The lowest BCUT2D eigenvalue weighted by atomic mass is 10.2. The molecule has 6 nitrogen and oxygen atoms in total. The summed E-state index contributed by atoms with van der Waals surface area (Å²) in [5.41, 5.74) is -0.290. The second kappa shape index (κ2) is 6.35. The molecule has 0 spiro atoms. The van der Waals surface area contributed by atoms with Crippen LogP contribution in [0.1, 0.15) is 12.5 Å². The molecule has 1 atom stereocenters. The number of rotatable bonds is 3. The molecule has 2 N–H and O–H groups in total. The number of carbonyl (C=O) groups is 2. The monoisotopic (exact) mass is 265 g/mol. The van der Waals surface area contributed by atoms with Crippen molar-refractivity contribution >= 4 is 11.9 Å². The van der Waals surface area contributed by atoms with Crippen molar-refractivity contribution < 1.29 is 18.7 Å². The van der Waals surface area contributed by atoms with E-state index in [1.54, 1.807) is 6.07 Å². The zero-order chi connectivity index (χ0) is 14.4. The average molecular weight is 265 g/mol. The Balaban J connectivity index is 2.80. The van der Waals surface area contributed by atoms with Crippen LogP contribution in [0, 0.1) is 17.1 Å². The second-order valence-electron chi connectivity index (χ2n) is 3.55. The maximum absolute atomic E-state index is 13.3. The van der Waals surface area contributed by atoms with Crippen molar-refractivity contribution in [3.05, 3.63) is 29.6 Å². The molecule has 0 aliphatic heterocycles. The van der Waals surface area contributed by atoms with E-state index in [0.29, 0.717) is 0 Å². The summed E-state index contributed by atoms with van der Waals surface area (Å²) in [6, 6.07) is 4.80. The Hall–Kier alpha value is -2.62. The number of hydrogen-bond acceptors (Lipinski definition) is 4. The van der Waals surface area contributed by atoms with Crippen LogP contribution >= 0.6 is 0 Å². The molecule has 0 saturated carbocycles. The number of carbonyl (C=O) groups excluding carboxylic acids is 2. The van der Waals surface area contributed by atoms with Gasteiger partial charge in [-0.3, -0.25) is 10.1 Å². The number of imide groups is 1. The third-order valence-corrected chi connectivity index (χ3v) is 2.22. The van der Waals surface area contributed by atoms with Crippen molar-refractivity contribution in [1.82, 2.24) is 10.6 Å². The SMILES string of the molecule is CNC(=O)NC(=O)C(C)Oc1cccc(F)c1C#N. The summed E-state index contributed by atoms with van der Waals surface area (Å²) in [5.74, 6) is -1.49. The highest BCUT2D eigenvalue weighted by Crippen LogP contribution is 2.21. The number of ether oxygens (including phenoxy) is 1. The Labute approximate surface area is 109 Å². The zero-order valence-corrected chi connectivity index (χ0v) is 10.4. The van der Waals surface area contributed by atoms with Crippen LogP contribution < -0.4 is 15.4 Å². The van der Waals surface area contributed by atoms with E-state index in [1.807, 2.05) is 5.32 Å². The van der Waals surface area contributed by atoms with Crippen LogP contribution in [0.2, 0.25) is 0 Å². The second-order valence-corrected chi connectivity index (χ2v) is 3.55. The van der Waals surface area contributed by atoms with Gasteiger partial charge in [0.2, 0.25) is 0 Å². The molecule has 0 aromatic heterocycles. The van der Waals surface area contributed by atoms with E-state index in [4.69, 9.17) is 10.00 Å². The summed E-state index contributed by atoms with van der Waals surface area (Å²) in [6.07, 6.45) is -1.05. The minimum absolute atomic E-state index is 0.0537. The topological polar surface area (TPSA) is 91.2 Å². The molecule has 0 heterocycles. The first-order valence-electron chi connectivity index (χ1n) is 5.37. The lowest BCUT2D eigenvalue weighted by Gasteiger charge is -2.14. The summed E-state index contributed by atoms with van der Waals surface area (Å²) in [4.78, 5) is 22.5. The predicted octanol–water partition coefficient (Wildman–Crippen LogP) is 0.920. The molecule has 3 amide bonds. The Bertz CT molecular complexity index is 540. The number of halogens is 1. The van der Waals surface area contributed by atoms with Gasteiger partial charge in [0.15, 0.2) is 6.10 Å². The number of hydrogen-bond donors (Lipinski definition) is 2. The van der Waals surface area contributed by atoms with Crippen molar-refractivity contribution in [1.29, 1.82) is 5.26 Å². The van der Waals surface area contributed by atoms with Crippen molar-refractivity contribution in [3.63, 3.8) is 0 Å². The highest BCUT2D eigenvalue weighted by molar-refractivity contribution is 5.96. The Morgan fingerprint density at radius 3 is 2.74 bits per heavy atom. The van der Waals surface area contributed by atoms with Gasteiger partial charge in [-0.2, -0.15) is 5.26 Å². The minimum Gasteiger partial charge on any atom is -0.479 e. The first-order chi connectivity index (χ1) is 8.99. The highest BCUT2D eigenvalue weighted by Gasteiger charge is 2.19. The molecular weight excluding hydrogens is 253 g/mol. The van der Waals surface area contributed by atoms with Crippen LogP contribution in [0.25, 0.3) is 0 Å². The van der Waals surface area contributed by atoms with E-state index >= 15 is 0 Å². The maximum Gasteiger partial charge on any atom is 0.321 e. The summed E-state index contributed by atoms with van der Waals surface area (Å²) in [6.45, 7) is 1.38. The number of benzene rings is 1. The van der Waals surface area contributed by atoms with Crippen LogP contribution in [0.4, 0.5) is 9.18 Å². The number of nitrogens with one attached hydrogen (secondary N) is 2. The zero-order valence-electron chi connectivity index (χ0n) is 10.4. The summed E-state index contributed by atoms with van der Waals surface area (Å²) in [7, 11) is 1.36. The molecule has 0 radical (unpaired) electrons. The van der Waals surface area contributed by atoms with Gasteiger partial charge < -0.3 is 10.1 Å². The Morgan fingerprint density at radius 2 is 2.16 bits per heavy atom. The van der Waals surface area contributed by atoms with E-state index in [9.17, 15) is 14.0 Å². The molecular formula is C12H12FN3O3. The van der Waals surface area contributed by atoms with Gasteiger partial charge >= 0.3 is 6.03 Å². The van der Waals surface area contributed by atoms with Gasteiger partial charge in [-0.15, -0.1) is 0 Å². The molecule has 7 heteroatoms. The molecule has 1 rings (SSSR count). The van der Waals surface area contributed by atoms with Crippen LogP contribution in [-0.4, -0.2) is 25.1 Å². The molecule has 0 aliphatic carbocycles. The number of nitriles is 1. The van der Waals surface area contributed by atoms with Crippen LogP contribution in [0.15, 0.2) is 18.2 Å². The molecule has 1 aromatic carbocycles. The third-order valence-electron chi connectivity index (χ3n) is 2.22. The third kappa shape index (κ3) is 3.67. The van der Waals surface area contributed by atoms with Crippen LogP contribution in [0.5, 0.6) is 5.75 Å². The first-order valence-corrected chi connectivity index (χ1v) is 5.37. The number of amides is 3. The fraction of sp³-hybridized carbons (Fsp3) is 0.250. The molecule has 0 aliphatic rings. The summed E-state index contributed by atoms with van der Waals surface area (Å²) in [5, 5.41) is 13.0. The number of urea groups is 1. The molecule has 0 fully saturated rings. The van der Waals surface area contributed by atoms with Gasteiger partial charge in [-0.25, -0.2) is 9.18 Å². The van der Waals surface area contributed by atoms with Crippen LogP contribution in [0.3, 0.4) is 0 Å². The van der Waals surface area contributed by atoms with Gasteiger partial charge in [0, 0.05) is 7.05 Å². The van der Waals surface area contributed by atoms with E-state index in [1.165, 1.54) is 26.1 Å². The average Bonchev–Trinajstić information content (AvgIpc) is 2.38. The lowest BCUT2D eigenvalue weighted by molar-refractivity contribution is -0.126. The Kier molecular flexibility index (Phi) is 4.83. The van der Waals surface area contributed by atoms with Crippen molar-refractivity contribution in [2.24, 2.45) is 0 Å². The largest absolute Gasteiger partial charge is 0.479 e. The van der Waals surface area contributed by atoms with Crippen molar-refractivity contribution in [3.8, 4) is 11.8 Å². The fourth-order valence-electron chi connectivity index (χ4n) is 1.23. The van der Waals surface area contributed by atoms with Crippen molar-refractivity contribution in [2.45, 2.75) is 13.0 Å². The van der Waals surface area contributed by atoms with Gasteiger partial charge in [0.05, 0.1) is 0 Å². The van der Waals surface area contributed by atoms with Crippen molar-refractivity contribution in [2.75, 3.05) is 7.05 Å². The predicted molar refractivity (Wildman–Crippen MR) is 63.8 cm³/mol. The molecule has 0 bridgehead atoms. The first kappa shape index (κ1) is 14.4. The Morgan fingerprint density at radius 1 is 1.47 bits per heavy atom. The standard InChI is InChI=1S/C12H12FN3O3/c1-7(11(17)16-12(18)15-2)19-10-5-3-4-9(13)8(10)6-14/h3-5,7H,1-2H3,(H2,15,16,17,18). The summed E-state index contributed by atoms with van der Waals surface area (Å²) >= 11 is 0. The molecule has 1 aromatic rings. The van der Waals surface area contributed by atoms with Gasteiger partial charge in [-0.1, -0.05) is 6.07 Å². The number of nitrogens with zero attached hydrogens (tertiary/aromatic N) is 1.